The Morgan fingerprint density at radius 3 is 1.89 bits per heavy atom. The summed E-state index contributed by atoms with van der Waals surface area (Å²) in [6, 6.07) is 0. The fraction of sp³-hybridized carbons (Fsp3) is 0.846. The lowest BCUT2D eigenvalue weighted by atomic mass is 9.89. The summed E-state index contributed by atoms with van der Waals surface area (Å²) in [6.45, 7) is 10.2. The predicted octanol–water partition coefficient (Wildman–Crippen LogP) is 0.605. The molecule has 5 heteroatoms. The third-order valence-corrected chi connectivity index (χ3v) is 2.47. The molecule has 2 amide bonds. The van der Waals surface area contributed by atoms with Gasteiger partial charge in [0.1, 0.15) is 5.41 Å². The zero-order chi connectivity index (χ0) is 14.6. The van der Waals surface area contributed by atoms with Gasteiger partial charge in [-0.15, -0.1) is 0 Å². The van der Waals surface area contributed by atoms with Gasteiger partial charge in [-0.05, 0) is 48.7 Å². The van der Waals surface area contributed by atoms with Crippen molar-refractivity contribution < 1.29 is 9.59 Å². The number of rotatable bonds is 5. The number of nitrogens with one attached hydrogen (secondary N) is 2. The van der Waals surface area contributed by atoms with Crippen LogP contribution in [0.15, 0.2) is 0 Å². The van der Waals surface area contributed by atoms with E-state index in [1.807, 2.05) is 39.8 Å². The van der Waals surface area contributed by atoms with Crippen LogP contribution in [0.1, 0.15) is 34.6 Å². The number of carbonyl (C=O) groups excluding carboxylic acids is 2. The van der Waals surface area contributed by atoms with Gasteiger partial charge in [-0.25, -0.2) is 0 Å². The van der Waals surface area contributed by atoms with Crippen molar-refractivity contribution in [2.45, 2.75) is 40.2 Å². The van der Waals surface area contributed by atoms with E-state index < -0.39 is 5.41 Å². The number of amides is 2. The van der Waals surface area contributed by atoms with Crippen LogP contribution in [-0.2, 0) is 9.59 Å². The van der Waals surface area contributed by atoms with Gasteiger partial charge in [0.05, 0.1) is 0 Å². The first kappa shape index (κ1) is 16.9. The number of hydrogen-bond acceptors (Lipinski definition) is 3. The third-order valence-electron chi connectivity index (χ3n) is 2.47. The minimum absolute atomic E-state index is 0.244. The van der Waals surface area contributed by atoms with E-state index in [4.69, 9.17) is 0 Å². The van der Waals surface area contributed by atoms with Crippen LogP contribution in [0.4, 0.5) is 0 Å². The maximum atomic E-state index is 12.0. The summed E-state index contributed by atoms with van der Waals surface area (Å²) in [5.74, 6) is -0.497. The molecule has 0 aromatic rings. The van der Waals surface area contributed by atoms with E-state index in [-0.39, 0.29) is 17.4 Å². The van der Waals surface area contributed by atoms with Gasteiger partial charge >= 0.3 is 0 Å². The molecule has 0 unspecified atom stereocenters. The zero-order valence-electron chi connectivity index (χ0n) is 12.7. The molecule has 0 aliphatic heterocycles. The SMILES string of the molecule is CN(C)CCNC(=O)C(C)(C)C(=O)NC(C)(C)C. The van der Waals surface area contributed by atoms with Crippen molar-refractivity contribution in [3.05, 3.63) is 0 Å². The van der Waals surface area contributed by atoms with Crippen LogP contribution < -0.4 is 10.6 Å². The molecule has 0 rings (SSSR count). The van der Waals surface area contributed by atoms with Gasteiger partial charge in [0, 0.05) is 18.6 Å². The van der Waals surface area contributed by atoms with E-state index in [2.05, 4.69) is 10.6 Å². The van der Waals surface area contributed by atoms with Crippen molar-refractivity contribution in [2.75, 3.05) is 27.2 Å². The van der Waals surface area contributed by atoms with Crippen molar-refractivity contribution in [3.8, 4) is 0 Å². The molecule has 18 heavy (non-hydrogen) atoms. The number of hydrogen-bond donors (Lipinski definition) is 2. The molecule has 0 radical (unpaired) electrons. The summed E-state index contributed by atoms with van der Waals surface area (Å²) in [5, 5.41) is 5.61. The number of nitrogens with zero attached hydrogens (tertiary/aromatic N) is 1. The molecular formula is C13H27N3O2. The molecule has 0 aromatic carbocycles. The molecule has 0 aliphatic rings. The fourth-order valence-electron chi connectivity index (χ4n) is 1.21. The van der Waals surface area contributed by atoms with Crippen molar-refractivity contribution in [2.24, 2.45) is 5.41 Å². The zero-order valence-corrected chi connectivity index (χ0v) is 12.7. The Morgan fingerprint density at radius 2 is 1.50 bits per heavy atom. The van der Waals surface area contributed by atoms with Gasteiger partial charge in [-0.3, -0.25) is 9.59 Å². The lowest BCUT2D eigenvalue weighted by Crippen LogP contribution is -2.53. The van der Waals surface area contributed by atoms with Gasteiger partial charge in [-0.2, -0.15) is 0 Å². The Morgan fingerprint density at radius 1 is 1.00 bits per heavy atom. The van der Waals surface area contributed by atoms with Crippen LogP contribution in [0.3, 0.4) is 0 Å². The highest BCUT2D eigenvalue weighted by molar-refractivity contribution is 6.04. The largest absolute Gasteiger partial charge is 0.354 e. The average Bonchev–Trinajstić information content (AvgIpc) is 2.13. The van der Waals surface area contributed by atoms with E-state index in [1.165, 1.54) is 0 Å². The molecule has 5 nitrogen and oxygen atoms in total. The summed E-state index contributed by atoms with van der Waals surface area (Å²) in [5.41, 5.74) is -1.39. The van der Waals surface area contributed by atoms with Crippen molar-refractivity contribution in [1.29, 1.82) is 0 Å². The lowest BCUT2D eigenvalue weighted by molar-refractivity contribution is -0.142. The van der Waals surface area contributed by atoms with E-state index in [1.54, 1.807) is 13.8 Å². The molecule has 0 fully saturated rings. The molecule has 2 N–H and O–H groups in total. The van der Waals surface area contributed by atoms with Crippen LogP contribution in [0, 0.1) is 5.41 Å². The van der Waals surface area contributed by atoms with E-state index in [0.29, 0.717) is 6.54 Å². The predicted molar refractivity (Wildman–Crippen MR) is 73.2 cm³/mol. The molecule has 0 spiro atoms. The maximum absolute atomic E-state index is 12.0. The van der Waals surface area contributed by atoms with Gasteiger partial charge < -0.3 is 15.5 Å². The molecule has 0 atom stereocenters. The summed E-state index contributed by atoms with van der Waals surface area (Å²) in [6.07, 6.45) is 0. The molecule has 106 valence electrons. The molecular weight excluding hydrogens is 230 g/mol. The minimum atomic E-state index is -1.06. The number of carbonyl (C=O) groups is 2. The highest BCUT2D eigenvalue weighted by Crippen LogP contribution is 2.17. The van der Waals surface area contributed by atoms with Crippen LogP contribution in [-0.4, -0.2) is 49.4 Å². The quantitative estimate of drug-likeness (QED) is 0.709. The molecule has 0 heterocycles. The Bertz CT molecular complexity index is 304. The molecule has 0 aliphatic carbocycles. The Hall–Kier alpha value is -1.10. The highest BCUT2D eigenvalue weighted by atomic mass is 16.2. The van der Waals surface area contributed by atoms with E-state index in [0.717, 1.165) is 6.54 Å². The maximum Gasteiger partial charge on any atom is 0.235 e. The Balaban J connectivity index is 4.43. The van der Waals surface area contributed by atoms with E-state index in [9.17, 15) is 9.59 Å². The summed E-state index contributed by atoms with van der Waals surface area (Å²) < 4.78 is 0. The standard InChI is InChI=1S/C13H27N3O2/c1-12(2,3)15-11(18)13(4,5)10(17)14-8-9-16(6)7/h8-9H2,1-7H3,(H,14,17)(H,15,18). The third kappa shape index (κ3) is 6.00. The van der Waals surface area contributed by atoms with Crippen LogP contribution in [0.25, 0.3) is 0 Å². The molecule has 0 saturated heterocycles. The second-order valence-electron chi connectivity index (χ2n) is 6.39. The number of likely N-dealkylation sites (N-methyl/N-ethyl adjacent to an activating group) is 1. The average molecular weight is 257 g/mol. The van der Waals surface area contributed by atoms with Crippen LogP contribution in [0.2, 0.25) is 0 Å². The smallest absolute Gasteiger partial charge is 0.235 e. The van der Waals surface area contributed by atoms with Crippen LogP contribution >= 0.6 is 0 Å². The van der Waals surface area contributed by atoms with Crippen molar-refractivity contribution in [3.63, 3.8) is 0 Å². The van der Waals surface area contributed by atoms with Crippen molar-refractivity contribution >= 4 is 11.8 Å². The highest BCUT2D eigenvalue weighted by Gasteiger charge is 2.37. The normalized spacial score (nSPS) is 12.4. The van der Waals surface area contributed by atoms with Gasteiger partial charge in [0.25, 0.3) is 0 Å². The molecule has 0 bridgehead atoms. The summed E-state index contributed by atoms with van der Waals surface area (Å²) >= 11 is 0. The summed E-state index contributed by atoms with van der Waals surface area (Å²) in [4.78, 5) is 26.0. The monoisotopic (exact) mass is 257 g/mol. The fourth-order valence-corrected chi connectivity index (χ4v) is 1.21. The first-order valence-electron chi connectivity index (χ1n) is 6.22. The van der Waals surface area contributed by atoms with Gasteiger partial charge in [0.15, 0.2) is 0 Å². The van der Waals surface area contributed by atoms with Gasteiger partial charge in [-0.1, -0.05) is 0 Å². The Labute approximate surface area is 110 Å². The molecule has 0 aromatic heterocycles. The van der Waals surface area contributed by atoms with Crippen LogP contribution in [0.5, 0.6) is 0 Å². The van der Waals surface area contributed by atoms with Gasteiger partial charge in [0.2, 0.25) is 11.8 Å². The summed E-state index contributed by atoms with van der Waals surface area (Å²) in [7, 11) is 3.87. The second kappa shape index (κ2) is 6.18. The van der Waals surface area contributed by atoms with E-state index >= 15 is 0 Å². The molecule has 0 saturated carbocycles. The first-order valence-corrected chi connectivity index (χ1v) is 6.22. The Kier molecular flexibility index (Phi) is 5.80. The topological polar surface area (TPSA) is 61.4 Å². The first-order chi connectivity index (χ1) is 7.97. The van der Waals surface area contributed by atoms with Crippen molar-refractivity contribution in [1.82, 2.24) is 15.5 Å². The second-order valence-corrected chi connectivity index (χ2v) is 6.39. The lowest BCUT2D eigenvalue weighted by Gasteiger charge is -2.28. The minimum Gasteiger partial charge on any atom is -0.354 e.